The van der Waals surface area contributed by atoms with Crippen molar-refractivity contribution >= 4 is 28.7 Å². The number of anilines is 1. The Hall–Kier alpha value is -2.80. The van der Waals surface area contributed by atoms with Crippen LogP contribution in [0, 0.1) is 0 Å². The Morgan fingerprint density at radius 2 is 1.65 bits per heavy atom. The molecule has 138 valence electrons. The molecule has 0 amide bonds. The molecule has 0 aliphatic rings. The van der Waals surface area contributed by atoms with Gasteiger partial charge in [-0.3, -0.25) is 5.43 Å². The fourth-order valence-electron chi connectivity index (χ4n) is 2.32. The first-order valence-electron chi connectivity index (χ1n) is 8.11. The van der Waals surface area contributed by atoms with E-state index in [0.717, 1.165) is 29.1 Å². The van der Waals surface area contributed by atoms with Crippen LogP contribution in [0.5, 0.6) is 17.2 Å². The Labute approximate surface area is 159 Å². The van der Waals surface area contributed by atoms with E-state index in [1.54, 1.807) is 27.4 Å². The van der Waals surface area contributed by atoms with Crippen molar-refractivity contribution in [3.8, 4) is 17.2 Å². The summed E-state index contributed by atoms with van der Waals surface area (Å²) in [6, 6.07) is 13.2. The molecule has 0 radical (unpaired) electrons. The summed E-state index contributed by atoms with van der Waals surface area (Å²) >= 11 is 5.31. The van der Waals surface area contributed by atoms with Crippen LogP contribution in [-0.4, -0.2) is 32.2 Å². The number of benzene rings is 2. The lowest BCUT2D eigenvalue weighted by Crippen LogP contribution is -2.25. The van der Waals surface area contributed by atoms with Gasteiger partial charge in [0.1, 0.15) is 5.75 Å². The first-order chi connectivity index (χ1) is 12.6. The maximum Gasteiger partial charge on any atom is 0.191 e. The van der Waals surface area contributed by atoms with E-state index in [1.807, 2.05) is 43.3 Å². The highest BCUT2D eigenvalue weighted by atomic mass is 32.1. The van der Waals surface area contributed by atoms with Gasteiger partial charge in [-0.1, -0.05) is 6.92 Å². The van der Waals surface area contributed by atoms with Gasteiger partial charge in [-0.05, 0) is 60.6 Å². The van der Waals surface area contributed by atoms with Crippen LogP contribution >= 0.6 is 12.2 Å². The molecule has 0 unspecified atom stereocenters. The van der Waals surface area contributed by atoms with Crippen molar-refractivity contribution in [3.63, 3.8) is 0 Å². The van der Waals surface area contributed by atoms with Crippen molar-refractivity contribution in [2.45, 2.75) is 13.3 Å². The summed E-state index contributed by atoms with van der Waals surface area (Å²) in [5, 5.41) is 7.87. The van der Waals surface area contributed by atoms with Crippen molar-refractivity contribution in [1.29, 1.82) is 0 Å². The Morgan fingerprint density at radius 3 is 2.23 bits per heavy atom. The zero-order valence-electron chi connectivity index (χ0n) is 15.3. The minimum atomic E-state index is 0.386. The molecule has 0 aromatic heterocycles. The summed E-state index contributed by atoms with van der Waals surface area (Å²) in [5.41, 5.74) is 5.56. The Morgan fingerprint density at radius 1 is 0.962 bits per heavy atom. The third kappa shape index (κ3) is 5.10. The summed E-state index contributed by atoms with van der Waals surface area (Å²) in [5.74, 6) is 2.09. The summed E-state index contributed by atoms with van der Waals surface area (Å²) in [6.45, 7) is 2.04. The smallest absolute Gasteiger partial charge is 0.191 e. The van der Waals surface area contributed by atoms with Gasteiger partial charge in [0.25, 0.3) is 0 Å². The highest BCUT2D eigenvalue weighted by molar-refractivity contribution is 7.80. The van der Waals surface area contributed by atoms with Crippen LogP contribution in [0.3, 0.4) is 0 Å². The summed E-state index contributed by atoms with van der Waals surface area (Å²) < 4.78 is 15.7. The highest BCUT2D eigenvalue weighted by Crippen LogP contribution is 2.29. The predicted octanol–water partition coefficient (Wildman–Crippen LogP) is 3.81. The minimum Gasteiger partial charge on any atom is -0.497 e. The molecule has 2 aromatic carbocycles. The van der Waals surface area contributed by atoms with Crippen LogP contribution < -0.4 is 25.0 Å². The zero-order valence-corrected chi connectivity index (χ0v) is 16.1. The standard InChI is InChI=1S/C19H23N3O3S/c1-5-16(13-6-9-15(23-2)10-7-13)21-22-19(26)20-14-8-11-17(24-3)18(12-14)25-4/h6-12H,5H2,1-4H3,(H2,20,22,26)/b21-16-. The molecule has 2 aromatic rings. The fourth-order valence-corrected chi connectivity index (χ4v) is 2.49. The average molecular weight is 373 g/mol. The van der Waals surface area contributed by atoms with Gasteiger partial charge in [-0.15, -0.1) is 0 Å². The van der Waals surface area contributed by atoms with Gasteiger partial charge in [0.05, 0.1) is 27.0 Å². The van der Waals surface area contributed by atoms with Crippen LogP contribution in [0.25, 0.3) is 0 Å². The first-order valence-corrected chi connectivity index (χ1v) is 8.52. The van der Waals surface area contributed by atoms with Crippen molar-refractivity contribution in [3.05, 3.63) is 48.0 Å². The molecular weight excluding hydrogens is 350 g/mol. The van der Waals surface area contributed by atoms with Crippen molar-refractivity contribution in [2.75, 3.05) is 26.6 Å². The highest BCUT2D eigenvalue weighted by Gasteiger charge is 2.06. The minimum absolute atomic E-state index is 0.386. The molecule has 2 rings (SSSR count). The molecule has 2 N–H and O–H groups in total. The number of thiocarbonyl (C=S) groups is 1. The summed E-state index contributed by atoms with van der Waals surface area (Å²) in [6.07, 6.45) is 0.762. The second kappa shape index (κ2) is 9.62. The maximum atomic E-state index is 5.31. The number of methoxy groups -OCH3 is 3. The second-order valence-electron chi connectivity index (χ2n) is 5.28. The van der Waals surface area contributed by atoms with Crippen LogP contribution in [0.2, 0.25) is 0 Å². The van der Waals surface area contributed by atoms with Gasteiger partial charge in [-0.25, -0.2) is 0 Å². The summed E-state index contributed by atoms with van der Waals surface area (Å²) in [7, 11) is 4.83. The molecule has 0 bridgehead atoms. The predicted molar refractivity (Wildman–Crippen MR) is 109 cm³/mol. The number of hydrogen-bond donors (Lipinski definition) is 2. The quantitative estimate of drug-likeness (QED) is 0.437. The third-order valence-electron chi connectivity index (χ3n) is 3.69. The number of nitrogens with zero attached hydrogens (tertiary/aromatic N) is 1. The van der Waals surface area contributed by atoms with E-state index in [1.165, 1.54) is 0 Å². The van der Waals surface area contributed by atoms with Crippen LogP contribution in [0.1, 0.15) is 18.9 Å². The lowest BCUT2D eigenvalue weighted by molar-refractivity contribution is 0.355. The topological polar surface area (TPSA) is 64.1 Å². The van der Waals surface area contributed by atoms with E-state index in [-0.39, 0.29) is 0 Å². The molecule has 0 heterocycles. The van der Waals surface area contributed by atoms with E-state index >= 15 is 0 Å². The largest absolute Gasteiger partial charge is 0.497 e. The molecule has 0 spiro atoms. The lowest BCUT2D eigenvalue weighted by Gasteiger charge is -2.12. The number of hydrazone groups is 1. The second-order valence-corrected chi connectivity index (χ2v) is 5.68. The molecule has 26 heavy (non-hydrogen) atoms. The number of nitrogens with one attached hydrogen (secondary N) is 2. The molecule has 6 nitrogen and oxygen atoms in total. The molecule has 0 aliphatic carbocycles. The monoisotopic (exact) mass is 373 g/mol. The van der Waals surface area contributed by atoms with Crippen molar-refractivity contribution in [2.24, 2.45) is 5.10 Å². The van der Waals surface area contributed by atoms with Crippen LogP contribution in [-0.2, 0) is 0 Å². The van der Waals surface area contributed by atoms with Gasteiger partial charge >= 0.3 is 0 Å². The Balaban J connectivity index is 2.04. The van der Waals surface area contributed by atoms with E-state index in [2.05, 4.69) is 15.8 Å². The van der Waals surface area contributed by atoms with Crippen molar-refractivity contribution < 1.29 is 14.2 Å². The Bertz CT molecular complexity index is 776. The molecule has 0 atom stereocenters. The fraction of sp³-hybridized carbons (Fsp3) is 0.263. The van der Waals surface area contributed by atoms with Crippen LogP contribution in [0.4, 0.5) is 5.69 Å². The molecular formula is C19H23N3O3S. The van der Waals surface area contributed by atoms with Gasteiger partial charge in [-0.2, -0.15) is 5.10 Å². The van der Waals surface area contributed by atoms with E-state index in [9.17, 15) is 0 Å². The third-order valence-corrected chi connectivity index (χ3v) is 3.89. The average Bonchev–Trinajstić information content (AvgIpc) is 2.68. The van der Waals surface area contributed by atoms with Gasteiger partial charge in [0.2, 0.25) is 0 Å². The van der Waals surface area contributed by atoms with Crippen molar-refractivity contribution in [1.82, 2.24) is 5.43 Å². The van der Waals surface area contributed by atoms with E-state index in [0.29, 0.717) is 16.6 Å². The van der Waals surface area contributed by atoms with E-state index < -0.39 is 0 Å². The van der Waals surface area contributed by atoms with Gasteiger partial charge < -0.3 is 19.5 Å². The normalized spacial score (nSPS) is 10.8. The van der Waals surface area contributed by atoms with Crippen LogP contribution in [0.15, 0.2) is 47.6 Å². The van der Waals surface area contributed by atoms with E-state index in [4.69, 9.17) is 26.4 Å². The van der Waals surface area contributed by atoms with Gasteiger partial charge in [0.15, 0.2) is 16.6 Å². The van der Waals surface area contributed by atoms with Gasteiger partial charge in [0, 0.05) is 11.8 Å². The number of hydrogen-bond acceptors (Lipinski definition) is 5. The Kier molecular flexibility index (Phi) is 7.23. The molecule has 0 saturated carbocycles. The zero-order chi connectivity index (χ0) is 18.9. The summed E-state index contributed by atoms with van der Waals surface area (Å²) in [4.78, 5) is 0. The molecule has 7 heteroatoms. The molecule has 0 aliphatic heterocycles. The number of ether oxygens (including phenoxy) is 3. The number of rotatable bonds is 7. The first kappa shape index (κ1) is 19.5. The lowest BCUT2D eigenvalue weighted by atomic mass is 10.1. The molecule has 0 saturated heterocycles. The maximum absolute atomic E-state index is 5.31. The molecule has 0 fully saturated rings. The SMILES string of the molecule is CC/C(=N/NC(=S)Nc1ccc(OC)c(OC)c1)c1ccc(OC)cc1.